The van der Waals surface area contributed by atoms with Gasteiger partial charge in [0.2, 0.25) is 0 Å². The highest BCUT2D eigenvalue weighted by atomic mass is 16.5. The normalized spacial score (nSPS) is 22.1. The zero-order valence-electron chi connectivity index (χ0n) is 9.45. The summed E-state index contributed by atoms with van der Waals surface area (Å²) in [6.07, 6.45) is 4.00. The molecule has 1 aliphatic heterocycles. The summed E-state index contributed by atoms with van der Waals surface area (Å²) in [6, 6.07) is -0.278. The first-order valence-electron chi connectivity index (χ1n) is 5.80. The first-order chi connectivity index (χ1) is 7.25. The van der Waals surface area contributed by atoms with Crippen LogP contribution in [0.3, 0.4) is 0 Å². The molecule has 4 nitrogen and oxygen atoms in total. The van der Waals surface area contributed by atoms with Gasteiger partial charge in [-0.2, -0.15) is 0 Å². The summed E-state index contributed by atoms with van der Waals surface area (Å²) in [5, 5.41) is 8.94. The van der Waals surface area contributed by atoms with E-state index in [1.807, 2.05) is 4.90 Å². The summed E-state index contributed by atoms with van der Waals surface area (Å²) < 4.78 is 5.43. The minimum atomic E-state index is -0.693. The summed E-state index contributed by atoms with van der Waals surface area (Å²) in [6.45, 7) is 5.23. The van der Waals surface area contributed by atoms with Gasteiger partial charge in [-0.3, -0.25) is 9.69 Å². The second-order valence-corrected chi connectivity index (χ2v) is 4.00. The predicted octanol–water partition coefficient (Wildman–Crippen LogP) is 1.35. The van der Waals surface area contributed by atoms with Gasteiger partial charge in [0.25, 0.3) is 0 Å². The van der Waals surface area contributed by atoms with Gasteiger partial charge in [0, 0.05) is 13.2 Å². The Kier molecular flexibility index (Phi) is 5.65. The Bertz CT molecular complexity index is 196. The highest BCUT2D eigenvalue weighted by molar-refractivity contribution is 5.73. The van der Waals surface area contributed by atoms with Gasteiger partial charge < -0.3 is 9.84 Å². The van der Waals surface area contributed by atoms with Crippen LogP contribution in [0.2, 0.25) is 0 Å². The Labute approximate surface area is 91.2 Å². The van der Waals surface area contributed by atoms with Crippen LogP contribution >= 0.6 is 0 Å². The molecule has 0 radical (unpaired) electrons. The number of likely N-dealkylation sites (tertiary alicyclic amines) is 1. The number of unbranched alkanes of at least 4 members (excludes halogenated alkanes) is 1. The van der Waals surface area contributed by atoms with Crippen LogP contribution in [0.1, 0.15) is 32.6 Å². The molecular weight excluding hydrogens is 194 g/mol. The van der Waals surface area contributed by atoms with Crippen LogP contribution in [0.25, 0.3) is 0 Å². The third-order valence-electron chi connectivity index (χ3n) is 2.81. The van der Waals surface area contributed by atoms with Gasteiger partial charge in [-0.15, -0.1) is 0 Å². The first kappa shape index (κ1) is 12.5. The number of carbonyl (C=O) groups is 1. The van der Waals surface area contributed by atoms with Crippen molar-refractivity contribution in [2.24, 2.45) is 0 Å². The smallest absolute Gasteiger partial charge is 0.320 e. The van der Waals surface area contributed by atoms with Crippen molar-refractivity contribution in [3.05, 3.63) is 0 Å². The largest absolute Gasteiger partial charge is 0.480 e. The Morgan fingerprint density at radius 2 is 2.33 bits per heavy atom. The summed E-state index contributed by atoms with van der Waals surface area (Å²) in [4.78, 5) is 12.9. The molecule has 1 saturated heterocycles. The number of ether oxygens (including phenoxy) is 1. The molecule has 1 fully saturated rings. The first-order valence-corrected chi connectivity index (χ1v) is 5.80. The van der Waals surface area contributed by atoms with E-state index < -0.39 is 5.97 Å². The van der Waals surface area contributed by atoms with Crippen molar-refractivity contribution in [2.75, 3.05) is 26.3 Å². The van der Waals surface area contributed by atoms with Crippen LogP contribution in [0.5, 0.6) is 0 Å². The van der Waals surface area contributed by atoms with Gasteiger partial charge in [-0.25, -0.2) is 0 Å². The zero-order chi connectivity index (χ0) is 11.1. The van der Waals surface area contributed by atoms with Crippen LogP contribution in [-0.2, 0) is 9.53 Å². The molecule has 15 heavy (non-hydrogen) atoms. The van der Waals surface area contributed by atoms with Gasteiger partial charge in [0.05, 0.1) is 6.61 Å². The zero-order valence-corrected chi connectivity index (χ0v) is 9.45. The molecule has 0 spiro atoms. The van der Waals surface area contributed by atoms with Crippen molar-refractivity contribution in [1.82, 2.24) is 4.90 Å². The highest BCUT2D eigenvalue weighted by Crippen LogP contribution is 2.16. The number of hydrogen-bond acceptors (Lipinski definition) is 3. The Balaban J connectivity index is 2.12. The van der Waals surface area contributed by atoms with Crippen molar-refractivity contribution in [2.45, 2.75) is 38.6 Å². The lowest BCUT2D eigenvalue weighted by molar-refractivity contribution is -0.142. The maximum absolute atomic E-state index is 10.9. The quantitative estimate of drug-likeness (QED) is 0.651. The van der Waals surface area contributed by atoms with E-state index in [1.165, 1.54) is 0 Å². The monoisotopic (exact) mass is 215 g/mol. The molecule has 1 rings (SSSR count). The fraction of sp³-hybridized carbons (Fsp3) is 0.909. The average molecular weight is 215 g/mol. The van der Waals surface area contributed by atoms with Crippen molar-refractivity contribution in [3.63, 3.8) is 0 Å². The Hall–Kier alpha value is -0.610. The molecule has 1 N–H and O–H groups in total. The molecule has 1 atom stereocenters. The Morgan fingerprint density at radius 1 is 1.53 bits per heavy atom. The number of aliphatic carboxylic acids is 1. The lowest BCUT2D eigenvalue weighted by Crippen LogP contribution is -2.38. The van der Waals surface area contributed by atoms with Gasteiger partial charge in [-0.1, -0.05) is 13.3 Å². The third kappa shape index (κ3) is 4.18. The molecule has 0 aromatic rings. The number of hydrogen-bond donors (Lipinski definition) is 1. The second kappa shape index (κ2) is 6.80. The molecule has 1 unspecified atom stereocenters. The molecule has 1 heterocycles. The molecule has 0 bridgehead atoms. The van der Waals surface area contributed by atoms with Crippen LogP contribution in [0, 0.1) is 0 Å². The van der Waals surface area contributed by atoms with Gasteiger partial charge in [0.15, 0.2) is 0 Å². The fourth-order valence-electron chi connectivity index (χ4n) is 1.90. The lowest BCUT2D eigenvalue weighted by Gasteiger charge is -2.20. The summed E-state index contributed by atoms with van der Waals surface area (Å²) >= 11 is 0. The molecule has 0 aromatic carbocycles. The molecule has 0 saturated carbocycles. The molecule has 4 heteroatoms. The van der Waals surface area contributed by atoms with Crippen molar-refractivity contribution in [1.29, 1.82) is 0 Å². The fourth-order valence-corrected chi connectivity index (χ4v) is 1.90. The van der Waals surface area contributed by atoms with Gasteiger partial charge in [-0.05, 0) is 25.8 Å². The van der Waals surface area contributed by atoms with Gasteiger partial charge in [0.1, 0.15) is 6.04 Å². The van der Waals surface area contributed by atoms with E-state index in [-0.39, 0.29) is 6.04 Å². The molecule has 0 aliphatic carbocycles. The standard InChI is InChI=1S/C11H21NO3/c1-2-3-8-15-9-7-12-6-4-5-10(12)11(13)14/h10H,2-9H2,1H3,(H,13,14). The number of rotatable bonds is 7. The third-order valence-corrected chi connectivity index (χ3v) is 2.81. The topological polar surface area (TPSA) is 49.8 Å². The maximum atomic E-state index is 10.9. The van der Waals surface area contributed by atoms with Gasteiger partial charge >= 0.3 is 5.97 Å². The van der Waals surface area contributed by atoms with E-state index in [1.54, 1.807) is 0 Å². The van der Waals surface area contributed by atoms with Crippen LogP contribution < -0.4 is 0 Å². The molecule has 88 valence electrons. The molecular formula is C11H21NO3. The van der Waals surface area contributed by atoms with Crippen molar-refractivity contribution < 1.29 is 14.6 Å². The summed E-state index contributed by atoms with van der Waals surface area (Å²) in [5.74, 6) is -0.693. The van der Waals surface area contributed by atoms with Crippen LogP contribution in [0.4, 0.5) is 0 Å². The molecule has 0 aromatic heterocycles. The van der Waals surface area contributed by atoms with E-state index in [9.17, 15) is 4.79 Å². The number of carboxylic acid groups (broad SMARTS) is 1. The Morgan fingerprint density at radius 3 is 3.00 bits per heavy atom. The maximum Gasteiger partial charge on any atom is 0.320 e. The van der Waals surface area contributed by atoms with E-state index in [2.05, 4.69) is 6.92 Å². The van der Waals surface area contributed by atoms with Crippen molar-refractivity contribution >= 4 is 5.97 Å². The SMILES string of the molecule is CCCCOCCN1CCCC1C(=O)O. The summed E-state index contributed by atoms with van der Waals surface area (Å²) in [7, 11) is 0. The highest BCUT2D eigenvalue weighted by Gasteiger charge is 2.29. The average Bonchev–Trinajstić information content (AvgIpc) is 2.66. The molecule has 0 amide bonds. The van der Waals surface area contributed by atoms with Crippen LogP contribution in [-0.4, -0.2) is 48.3 Å². The van der Waals surface area contributed by atoms with Crippen molar-refractivity contribution in [3.8, 4) is 0 Å². The van der Waals surface area contributed by atoms with E-state index in [4.69, 9.17) is 9.84 Å². The minimum absolute atomic E-state index is 0.278. The predicted molar refractivity (Wildman–Crippen MR) is 58.0 cm³/mol. The molecule has 1 aliphatic rings. The number of nitrogens with zero attached hydrogens (tertiary/aromatic N) is 1. The van der Waals surface area contributed by atoms with E-state index in [0.717, 1.165) is 45.4 Å². The van der Waals surface area contributed by atoms with E-state index in [0.29, 0.717) is 6.61 Å². The summed E-state index contributed by atoms with van der Waals surface area (Å²) in [5.41, 5.74) is 0. The van der Waals surface area contributed by atoms with Crippen LogP contribution in [0.15, 0.2) is 0 Å². The lowest BCUT2D eigenvalue weighted by atomic mass is 10.2. The second-order valence-electron chi connectivity index (χ2n) is 4.00. The van der Waals surface area contributed by atoms with E-state index >= 15 is 0 Å². The minimum Gasteiger partial charge on any atom is -0.480 e. The number of carboxylic acids is 1.